The summed E-state index contributed by atoms with van der Waals surface area (Å²) in [7, 11) is -14.0. The maximum Gasteiger partial charge on any atom is 0.259 e. The minimum absolute atomic E-state index is 0.236. The van der Waals surface area contributed by atoms with Crippen LogP contribution < -0.4 is 44.2 Å². The van der Waals surface area contributed by atoms with Crippen molar-refractivity contribution in [2.45, 2.75) is 13.8 Å². The Kier molecular flexibility index (Phi) is 27.7. The predicted octanol–water partition coefficient (Wildman–Crippen LogP) is 15.4. The number of aryl methyl sites for hydroxylation is 2. The summed E-state index contributed by atoms with van der Waals surface area (Å²) in [5.41, 5.74) is 18.8. The molecule has 36 heteroatoms. The van der Waals surface area contributed by atoms with Crippen LogP contribution in [0.3, 0.4) is 0 Å². The topological polar surface area (TPSA) is 368 Å². The number of nitrogens with one attached hydrogen (secondary N) is 4. The Morgan fingerprint density at radius 1 is 0.347 bits per heavy atom. The first-order valence-electron chi connectivity index (χ1n) is 37.1. The number of anilines is 9. The monoisotopic (exact) mass is 1790 g/mol. The number of benzene rings is 9. The van der Waals surface area contributed by atoms with E-state index in [4.69, 9.17) is 71.1 Å². The molecule has 0 spiro atoms. The van der Waals surface area contributed by atoms with E-state index in [1.54, 1.807) is 176 Å². The van der Waals surface area contributed by atoms with Gasteiger partial charge in [-0.25, -0.2) is 33.7 Å². The smallest absolute Gasteiger partial charge is 0.259 e. The first kappa shape index (κ1) is 87.2. The maximum absolute atomic E-state index is 12.7. The molecule has 28 nitrogen and oxygen atoms in total. The molecule has 4 saturated heterocycles. The number of carbonyl (C=O) groups is 4. The van der Waals surface area contributed by atoms with Crippen LogP contribution in [-0.4, -0.2) is 149 Å². The number of sulfonamides is 4. The Morgan fingerprint density at radius 3 is 0.942 bits per heavy atom. The van der Waals surface area contributed by atoms with Crippen LogP contribution in [0.1, 0.15) is 52.6 Å². The van der Waals surface area contributed by atoms with Gasteiger partial charge in [-0.2, -0.15) is 0 Å². The molecule has 0 unspecified atom stereocenters. The van der Waals surface area contributed by atoms with Gasteiger partial charge in [-0.3, -0.25) is 51.4 Å². The van der Waals surface area contributed by atoms with Crippen LogP contribution in [0.15, 0.2) is 243 Å². The third-order valence-electron chi connectivity index (χ3n) is 19.0. The van der Waals surface area contributed by atoms with Gasteiger partial charge in [-0.15, -0.1) is 0 Å². The maximum atomic E-state index is 12.7. The van der Waals surface area contributed by atoms with E-state index in [2.05, 4.69) is 36.2 Å². The van der Waals surface area contributed by atoms with Crippen molar-refractivity contribution in [1.82, 2.24) is 15.0 Å². The standard InChI is InChI=1S/2C22H20ClN3O4S.C21H17Cl2N3O4S.C20H19N3O4S/c2*1-15-2-9-21(24-13-15)19-12-17(5-8-20(19)23)25-22(27)16-3-6-18(7-4-16)26-10-11-30-14-31(26,28)29;22-15-3-8-20(24-12-15)18-11-16(4-7-19(18)23)25-21(27)14-1-5-17(6-2-14)26-9-10-30-13-31(26,28)29;21-18-5-1-4-17-16(18)3-2-6-19(17)22-20(24)14-7-9-15(10-8-14)23-11-12-27-13-28(23,25)26/h2*2-9,12-13H,10-11,14H2,1H3,(H,25,27);1-8,11-12H,9-10,13H2,(H,25,27);1-10H,11-13,21H2,(H,22,24). The molecule has 3 aromatic heterocycles. The van der Waals surface area contributed by atoms with Crippen molar-refractivity contribution in [2.75, 3.05) is 121 Å². The lowest BCUT2D eigenvalue weighted by molar-refractivity contribution is 0.101. The van der Waals surface area contributed by atoms with Crippen LogP contribution in [0.5, 0.6) is 0 Å². The van der Waals surface area contributed by atoms with Crippen molar-refractivity contribution in [3.05, 3.63) is 297 Å². The van der Waals surface area contributed by atoms with Gasteiger partial charge in [0, 0.05) is 96.7 Å². The Labute approximate surface area is 718 Å². The third-order valence-corrected chi connectivity index (χ3v) is 26.3. The molecule has 6 N–H and O–H groups in total. The van der Waals surface area contributed by atoms with E-state index in [1.807, 2.05) is 74.5 Å². The van der Waals surface area contributed by atoms with Crippen molar-refractivity contribution in [3.8, 4) is 33.8 Å². The molecule has 4 aliphatic heterocycles. The Balaban J connectivity index is 0.000000139. The second kappa shape index (κ2) is 38.4. The normalized spacial score (nSPS) is 15.6. The summed E-state index contributed by atoms with van der Waals surface area (Å²) in [5, 5.41) is 15.2. The van der Waals surface area contributed by atoms with Gasteiger partial charge >= 0.3 is 0 Å². The molecule has 0 radical (unpaired) electrons. The zero-order valence-corrected chi connectivity index (χ0v) is 70.8. The third kappa shape index (κ3) is 21.8. The fraction of sp³-hybridized carbons (Fsp3) is 0.165. The number of rotatable bonds is 15. The molecule has 0 bridgehead atoms. The van der Waals surface area contributed by atoms with Crippen molar-refractivity contribution in [1.29, 1.82) is 0 Å². The molecular weight excluding hydrogens is 1720 g/mol. The summed E-state index contributed by atoms with van der Waals surface area (Å²) in [4.78, 5) is 63.8. The number of nitrogens with zero attached hydrogens (tertiary/aromatic N) is 7. The van der Waals surface area contributed by atoms with Crippen molar-refractivity contribution in [3.63, 3.8) is 0 Å². The van der Waals surface area contributed by atoms with Gasteiger partial charge in [0.25, 0.3) is 63.7 Å². The quantitative estimate of drug-likeness (QED) is 0.0595. The second-order valence-corrected chi connectivity index (χ2v) is 36.5. The molecule has 12 aromatic rings. The molecule has 4 aliphatic rings. The summed E-state index contributed by atoms with van der Waals surface area (Å²) in [6, 6.07) is 63.3. The first-order chi connectivity index (χ1) is 57.9. The van der Waals surface area contributed by atoms with E-state index in [-0.39, 0.29) is 73.6 Å². The Hall–Kier alpha value is -11.6. The summed E-state index contributed by atoms with van der Waals surface area (Å²) in [5.74, 6) is -2.63. The van der Waals surface area contributed by atoms with Gasteiger partial charge in [0.1, 0.15) is 0 Å². The van der Waals surface area contributed by atoms with Gasteiger partial charge in [-0.05, 0) is 213 Å². The number of carbonyl (C=O) groups excluding carboxylic acids is 4. The minimum Gasteiger partial charge on any atom is -0.398 e. The summed E-state index contributed by atoms with van der Waals surface area (Å²) >= 11 is 24.8. The number of nitrogens with two attached hydrogens (primary N) is 1. The highest BCUT2D eigenvalue weighted by Gasteiger charge is 2.31. The van der Waals surface area contributed by atoms with Gasteiger partial charge < -0.3 is 45.9 Å². The summed E-state index contributed by atoms with van der Waals surface area (Å²) in [6.45, 7) is 6.21. The van der Waals surface area contributed by atoms with E-state index >= 15 is 0 Å². The van der Waals surface area contributed by atoms with Crippen LogP contribution >= 0.6 is 46.4 Å². The fourth-order valence-corrected chi connectivity index (χ4v) is 18.5. The minimum atomic E-state index is -3.51. The molecule has 624 valence electrons. The number of amides is 4. The Morgan fingerprint density at radius 2 is 0.645 bits per heavy atom. The largest absolute Gasteiger partial charge is 0.398 e. The number of hydrogen-bond acceptors (Lipinski definition) is 20. The van der Waals surface area contributed by atoms with Gasteiger partial charge in [0.15, 0.2) is 23.8 Å². The molecule has 0 atom stereocenters. The average Bonchev–Trinajstić information content (AvgIpc) is 0.808. The zero-order chi connectivity index (χ0) is 85.8. The summed E-state index contributed by atoms with van der Waals surface area (Å²) in [6.07, 6.45) is 5.04. The lowest BCUT2D eigenvalue weighted by atomic mass is 10.1. The van der Waals surface area contributed by atoms with E-state index in [9.17, 15) is 52.8 Å². The van der Waals surface area contributed by atoms with E-state index in [0.29, 0.717) is 154 Å². The molecule has 9 aromatic carbocycles. The molecule has 7 heterocycles. The van der Waals surface area contributed by atoms with E-state index in [0.717, 1.165) is 21.9 Å². The van der Waals surface area contributed by atoms with Gasteiger partial charge in [0.2, 0.25) is 0 Å². The van der Waals surface area contributed by atoms with E-state index < -0.39 is 40.1 Å². The molecule has 0 saturated carbocycles. The van der Waals surface area contributed by atoms with Gasteiger partial charge in [0.05, 0.1) is 113 Å². The molecule has 4 fully saturated rings. The predicted molar refractivity (Wildman–Crippen MR) is 473 cm³/mol. The highest BCUT2D eigenvalue weighted by atomic mass is 35.5. The number of nitrogen functional groups attached to an aromatic ring is 1. The molecule has 0 aliphatic carbocycles. The first-order valence-corrected chi connectivity index (χ1v) is 45.0. The Bertz CT molecular complexity index is 5860. The van der Waals surface area contributed by atoms with Crippen molar-refractivity contribution >= 4 is 172 Å². The number of ether oxygens (including phenoxy) is 4. The van der Waals surface area contributed by atoms with Crippen LogP contribution in [0.4, 0.5) is 51.2 Å². The van der Waals surface area contributed by atoms with Crippen LogP contribution in [0.25, 0.3) is 44.5 Å². The van der Waals surface area contributed by atoms with Crippen LogP contribution in [-0.2, 0) is 59.0 Å². The zero-order valence-electron chi connectivity index (χ0n) is 64.5. The van der Waals surface area contributed by atoms with Crippen LogP contribution in [0, 0.1) is 13.8 Å². The lowest BCUT2D eigenvalue weighted by Crippen LogP contribution is -2.41. The number of halogens is 4. The molecular formula is C85H76Cl4N12O16S4. The number of fused-ring (bicyclic) bond motifs is 1. The van der Waals surface area contributed by atoms with Crippen molar-refractivity contribution in [2.24, 2.45) is 0 Å². The van der Waals surface area contributed by atoms with Crippen LogP contribution in [0.2, 0.25) is 20.1 Å². The average molecular weight is 1790 g/mol. The summed E-state index contributed by atoms with van der Waals surface area (Å²) < 4.78 is 122. The highest BCUT2D eigenvalue weighted by molar-refractivity contribution is 7.93. The second-order valence-electron chi connectivity index (χ2n) is 27.5. The SMILES string of the molecule is Cc1ccc(-c2cc(NC(=O)c3ccc(N4CCOCS4(=O)=O)cc3)ccc2Cl)nc1.Cc1ccc(-c2cc(NC(=O)c3ccc(N4CCOCS4(=O)=O)cc3)ccc2Cl)nc1.Nc1cccc2c(NC(=O)c3ccc(N4CCOCS4(=O)=O)cc3)cccc12.O=C(Nc1ccc(Cl)c(-c2ccc(Cl)cn2)c1)c1ccc(N2CCOCS2(=O)=O)cc1. The molecule has 121 heavy (non-hydrogen) atoms. The number of pyridine rings is 3. The highest BCUT2D eigenvalue weighted by Crippen LogP contribution is 2.36. The molecule has 4 amide bonds. The lowest BCUT2D eigenvalue weighted by Gasteiger charge is -2.28. The number of aromatic nitrogens is 3. The fourth-order valence-electron chi connectivity index (χ4n) is 12.8. The van der Waals surface area contributed by atoms with Gasteiger partial charge in [-0.1, -0.05) is 82.8 Å². The molecule has 16 rings (SSSR count). The van der Waals surface area contributed by atoms with Crippen molar-refractivity contribution < 1.29 is 71.8 Å². The van der Waals surface area contributed by atoms with E-state index in [1.165, 1.54) is 23.4 Å². The number of hydrogen-bond donors (Lipinski definition) is 5.